The molecule has 102 valence electrons. The smallest absolute Gasteiger partial charge is 0.185 e. The molecule has 1 N–H and O–H groups in total. The van der Waals surface area contributed by atoms with Crippen LogP contribution in [0.3, 0.4) is 0 Å². The van der Waals surface area contributed by atoms with Gasteiger partial charge in [0, 0.05) is 31.4 Å². The highest BCUT2D eigenvalue weighted by Crippen LogP contribution is 2.33. The molecule has 0 atom stereocenters. The van der Waals surface area contributed by atoms with Crippen molar-refractivity contribution in [2.24, 2.45) is 5.41 Å². The Balaban J connectivity index is 1.86. The molecule has 1 aromatic heterocycles. The summed E-state index contributed by atoms with van der Waals surface area (Å²) in [5.41, 5.74) is 1.75. The maximum absolute atomic E-state index is 4.76. The van der Waals surface area contributed by atoms with E-state index in [1.54, 1.807) is 11.3 Å². The predicted octanol–water partition coefficient (Wildman–Crippen LogP) is 2.92. The van der Waals surface area contributed by atoms with E-state index in [-0.39, 0.29) is 0 Å². The Labute approximate surface area is 115 Å². The van der Waals surface area contributed by atoms with Gasteiger partial charge in [-0.05, 0) is 24.8 Å². The molecule has 0 saturated carbocycles. The standard InChI is InChI=1S/C14H25N3S/c1-4-15-8-5-12-11-18-13(16-12)17-9-6-14(2,3)7-10-17/h11,15H,4-10H2,1-3H3. The van der Waals surface area contributed by atoms with Gasteiger partial charge in [-0.25, -0.2) is 4.98 Å². The van der Waals surface area contributed by atoms with Crippen LogP contribution in [-0.4, -0.2) is 31.2 Å². The first kappa shape index (κ1) is 13.8. The molecule has 1 aliphatic heterocycles. The van der Waals surface area contributed by atoms with E-state index in [1.807, 2.05) is 0 Å². The molecule has 1 saturated heterocycles. The lowest BCUT2D eigenvalue weighted by Gasteiger charge is -2.36. The molecule has 0 amide bonds. The average molecular weight is 267 g/mol. The SMILES string of the molecule is CCNCCc1csc(N2CCC(C)(C)CC2)n1. The highest BCUT2D eigenvalue weighted by atomic mass is 32.1. The largest absolute Gasteiger partial charge is 0.348 e. The summed E-state index contributed by atoms with van der Waals surface area (Å²) in [6, 6.07) is 0. The summed E-state index contributed by atoms with van der Waals surface area (Å²) < 4.78 is 0. The molecule has 1 aliphatic rings. The summed E-state index contributed by atoms with van der Waals surface area (Å²) >= 11 is 1.80. The third-order valence-electron chi connectivity index (χ3n) is 3.74. The van der Waals surface area contributed by atoms with Crippen molar-refractivity contribution in [1.29, 1.82) is 0 Å². The third kappa shape index (κ3) is 3.69. The number of hydrogen-bond acceptors (Lipinski definition) is 4. The first-order chi connectivity index (χ1) is 8.61. The minimum atomic E-state index is 0.516. The van der Waals surface area contributed by atoms with Gasteiger partial charge in [0.05, 0.1) is 5.69 Å². The van der Waals surface area contributed by atoms with Gasteiger partial charge in [0.15, 0.2) is 5.13 Å². The first-order valence-electron chi connectivity index (χ1n) is 7.01. The topological polar surface area (TPSA) is 28.2 Å². The summed E-state index contributed by atoms with van der Waals surface area (Å²) in [6.45, 7) is 11.3. The lowest BCUT2D eigenvalue weighted by atomic mass is 9.83. The molecular weight excluding hydrogens is 242 g/mol. The summed E-state index contributed by atoms with van der Waals surface area (Å²) in [7, 11) is 0. The van der Waals surface area contributed by atoms with Crippen molar-refractivity contribution < 1.29 is 0 Å². The van der Waals surface area contributed by atoms with Gasteiger partial charge in [0.1, 0.15) is 0 Å². The number of thiazole rings is 1. The van der Waals surface area contributed by atoms with Gasteiger partial charge in [0.2, 0.25) is 0 Å². The van der Waals surface area contributed by atoms with Crippen LogP contribution in [0.25, 0.3) is 0 Å². The van der Waals surface area contributed by atoms with E-state index < -0.39 is 0 Å². The van der Waals surface area contributed by atoms with E-state index in [1.165, 1.54) is 23.7 Å². The second kappa shape index (κ2) is 6.02. The van der Waals surface area contributed by atoms with Crippen LogP contribution < -0.4 is 10.2 Å². The summed E-state index contributed by atoms with van der Waals surface area (Å²) in [4.78, 5) is 7.21. The normalized spacial score (nSPS) is 19.2. The second-order valence-electron chi connectivity index (χ2n) is 5.88. The van der Waals surface area contributed by atoms with Crippen LogP contribution >= 0.6 is 11.3 Å². The molecule has 0 unspecified atom stereocenters. The van der Waals surface area contributed by atoms with Crippen LogP contribution in [0.4, 0.5) is 5.13 Å². The second-order valence-corrected chi connectivity index (χ2v) is 6.71. The third-order valence-corrected chi connectivity index (χ3v) is 4.69. The lowest BCUT2D eigenvalue weighted by Crippen LogP contribution is -2.37. The molecule has 2 heterocycles. The van der Waals surface area contributed by atoms with Crippen LogP contribution in [0.15, 0.2) is 5.38 Å². The molecule has 1 fully saturated rings. The van der Waals surface area contributed by atoms with Crippen LogP contribution in [0.2, 0.25) is 0 Å². The van der Waals surface area contributed by atoms with Crippen molar-refractivity contribution in [1.82, 2.24) is 10.3 Å². The van der Waals surface area contributed by atoms with E-state index in [0.717, 1.165) is 32.6 Å². The van der Waals surface area contributed by atoms with Gasteiger partial charge >= 0.3 is 0 Å². The zero-order valence-corrected chi connectivity index (χ0v) is 12.6. The first-order valence-corrected chi connectivity index (χ1v) is 7.89. The maximum atomic E-state index is 4.76. The predicted molar refractivity (Wildman–Crippen MR) is 79.6 cm³/mol. The number of nitrogens with zero attached hydrogens (tertiary/aromatic N) is 2. The highest BCUT2D eigenvalue weighted by Gasteiger charge is 2.26. The fourth-order valence-electron chi connectivity index (χ4n) is 2.25. The molecule has 18 heavy (non-hydrogen) atoms. The zero-order chi connectivity index (χ0) is 13.0. The van der Waals surface area contributed by atoms with E-state index in [4.69, 9.17) is 4.98 Å². The number of anilines is 1. The molecule has 0 bridgehead atoms. The number of likely N-dealkylation sites (N-methyl/N-ethyl adjacent to an activating group) is 1. The number of rotatable bonds is 5. The minimum absolute atomic E-state index is 0.516. The van der Waals surface area contributed by atoms with Gasteiger partial charge in [-0.15, -0.1) is 11.3 Å². The quantitative estimate of drug-likeness (QED) is 0.831. The molecular formula is C14H25N3S. The van der Waals surface area contributed by atoms with E-state index in [0.29, 0.717) is 5.41 Å². The zero-order valence-electron chi connectivity index (χ0n) is 11.8. The van der Waals surface area contributed by atoms with Crippen molar-refractivity contribution in [3.63, 3.8) is 0 Å². The van der Waals surface area contributed by atoms with Gasteiger partial charge in [-0.2, -0.15) is 0 Å². The van der Waals surface area contributed by atoms with Gasteiger partial charge in [-0.3, -0.25) is 0 Å². The minimum Gasteiger partial charge on any atom is -0.348 e. The molecule has 4 heteroatoms. The van der Waals surface area contributed by atoms with Crippen molar-refractivity contribution in [2.45, 2.75) is 40.0 Å². The molecule has 0 radical (unpaired) electrons. The molecule has 0 spiro atoms. The van der Waals surface area contributed by atoms with Crippen molar-refractivity contribution in [3.05, 3.63) is 11.1 Å². The Hall–Kier alpha value is -0.610. The maximum Gasteiger partial charge on any atom is 0.185 e. The van der Waals surface area contributed by atoms with E-state index in [2.05, 4.69) is 36.4 Å². The number of nitrogens with one attached hydrogen (secondary N) is 1. The average Bonchev–Trinajstić information content (AvgIpc) is 2.78. The van der Waals surface area contributed by atoms with Crippen LogP contribution in [-0.2, 0) is 6.42 Å². The fourth-order valence-corrected chi connectivity index (χ4v) is 3.17. The van der Waals surface area contributed by atoms with E-state index in [9.17, 15) is 0 Å². The number of piperidine rings is 1. The van der Waals surface area contributed by atoms with Crippen molar-refractivity contribution >= 4 is 16.5 Å². The number of hydrogen-bond donors (Lipinski definition) is 1. The molecule has 2 rings (SSSR count). The number of aromatic nitrogens is 1. The summed E-state index contributed by atoms with van der Waals surface area (Å²) in [6.07, 6.45) is 3.60. The Bertz CT molecular complexity index is 363. The Morgan fingerprint density at radius 1 is 1.39 bits per heavy atom. The van der Waals surface area contributed by atoms with Gasteiger partial charge in [-0.1, -0.05) is 20.8 Å². The van der Waals surface area contributed by atoms with Crippen LogP contribution in [0.1, 0.15) is 39.3 Å². The molecule has 3 nitrogen and oxygen atoms in total. The van der Waals surface area contributed by atoms with Crippen molar-refractivity contribution in [3.8, 4) is 0 Å². The Morgan fingerprint density at radius 3 is 2.78 bits per heavy atom. The monoisotopic (exact) mass is 267 g/mol. The van der Waals surface area contributed by atoms with E-state index >= 15 is 0 Å². The van der Waals surface area contributed by atoms with Crippen LogP contribution in [0, 0.1) is 5.41 Å². The Morgan fingerprint density at radius 2 is 2.11 bits per heavy atom. The van der Waals surface area contributed by atoms with Crippen molar-refractivity contribution in [2.75, 3.05) is 31.1 Å². The highest BCUT2D eigenvalue weighted by molar-refractivity contribution is 7.13. The summed E-state index contributed by atoms with van der Waals surface area (Å²) in [5.74, 6) is 0. The van der Waals surface area contributed by atoms with Gasteiger partial charge < -0.3 is 10.2 Å². The summed E-state index contributed by atoms with van der Waals surface area (Å²) in [5, 5.41) is 6.78. The lowest BCUT2D eigenvalue weighted by molar-refractivity contribution is 0.279. The molecule has 0 aliphatic carbocycles. The molecule has 0 aromatic carbocycles. The Kier molecular flexibility index (Phi) is 4.62. The van der Waals surface area contributed by atoms with Crippen LogP contribution in [0.5, 0.6) is 0 Å². The molecule has 1 aromatic rings. The fraction of sp³-hybridized carbons (Fsp3) is 0.786. The van der Waals surface area contributed by atoms with Gasteiger partial charge in [0.25, 0.3) is 0 Å².